The van der Waals surface area contributed by atoms with Gasteiger partial charge in [0.1, 0.15) is 10.7 Å². The number of nitrogens with zero attached hydrogens (tertiary/aromatic N) is 2. The second-order valence-electron chi connectivity index (χ2n) is 3.61. The Morgan fingerprint density at radius 2 is 2.33 bits per heavy atom. The van der Waals surface area contributed by atoms with Crippen LogP contribution in [0.1, 0.15) is 24.6 Å². The van der Waals surface area contributed by atoms with E-state index in [9.17, 15) is 0 Å². The number of rotatable bonds is 5. The smallest absolute Gasteiger partial charge is 0.123 e. The minimum Gasteiger partial charge on any atom is -0.388 e. The summed E-state index contributed by atoms with van der Waals surface area (Å²) in [6.45, 7) is 4.06. The van der Waals surface area contributed by atoms with Crippen molar-refractivity contribution in [2.45, 2.75) is 19.9 Å². The van der Waals surface area contributed by atoms with E-state index in [-0.39, 0.29) is 0 Å². The Balaban J connectivity index is 2.79. The Kier molecular flexibility index (Phi) is 4.65. The third-order valence-corrected chi connectivity index (χ3v) is 2.36. The van der Waals surface area contributed by atoms with E-state index < -0.39 is 0 Å². The van der Waals surface area contributed by atoms with Crippen molar-refractivity contribution in [3.8, 4) is 0 Å². The zero-order valence-corrected chi connectivity index (χ0v) is 10.0. The number of hydrogen-bond donors (Lipinski definition) is 1. The summed E-state index contributed by atoms with van der Waals surface area (Å²) in [5, 5.41) is 0. The number of aromatic nitrogens is 1. The third-order valence-electron chi connectivity index (χ3n) is 2.17. The van der Waals surface area contributed by atoms with E-state index >= 15 is 0 Å². The van der Waals surface area contributed by atoms with Crippen LogP contribution in [0, 0.1) is 0 Å². The molecule has 1 rings (SSSR count). The molecular formula is C11H17N3S. The molecule has 0 spiro atoms. The third kappa shape index (κ3) is 3.57. The van der Waals surface area contributed by atoms with Gasteiger partial charge in [-0.15, -0.1) is 0 Å². The second kappa shape index (κ2) is 5.78. The van der Waals surface area contributed by atoms with Gasteiger partial charge in [0, 0.05) is 12.7 Å². The SMILES string of the molecule is CCCN(C)Cc1cccnc1C(N)=S. The molecule has 0 atom stereocenters. The normalized spacial score (nSPS) is 10.6. The van der Waals surface area contributed by atoms with Crippen LogP contribution in [0.2, 0.25) is 0 Å². The van der Waals surface area contributed by atoms with Crippen LogP contribution in [0.25, 0.3) is 0 Å². The van der Waals surface area contributed by atoms with Gasteiger partial charge in [-0.2, -0.15) is 0 Å². The Bertz CT molecular complexity index is 338. The molecule has 0 aliphatic carbocycles. The van der Waals surface area contributed by atoms with E-state index in [1.165, 1.54) is 0 Å². The first-order valence-electron chi connectivity index (χ1n) is 5.07. The van der Waals surface area contributed by atoms with Gasteiger partial charge in [-0.3, -0.25) is 4.98 Å². The molecular weight excluding hydrogens is 206 g/mol. The predicted molar refractivity (Wildman–Crippen MR) is 66.7 cm³/mol. The van der Waals surface area contributed by atoms with E-state index in [1.807, 2.05) is 12.1 Å². The lowest BCUT2D eigenvalue weighted by atomic mass is 10.2. The quantitative estimate of drug-likeness (QED) is 0.769. The number of hydrogen-bond acceptors (Lipinski definition) is 3. The summed E-state index contributed by atoms with van der Waals surface area (Å²) in [6.07, 6.45) is 2.86. The summed E-state index contributed by atoms with van der Waals surface area (Å²) in [5.74, 6) is 0. The summed E-state index contributed by atoms with van der Waals surface area (Å²) in [7, 11) is 2.08. The topological polar surface area (TPSA) is 42.2 Å². The largest absolute Gasteiger partial charge is 0.388 e. The van der Waals surface area contributed by atoms with E-state index in [2.05, 4.69) is 23.9 Å². The molecule has 0 amide bonds. The molecule has 1 aromatic rings. The van der Waals surface area contributed by atoms with E-state index in [1.54, 1.807) is 6.20 Å². The Labute approximate surface area is 96.3 Å². The summed E-state index contributed by atoms with van der Waals surface area (Å²) >= 11 is 4.96. The van der Waals surface area contributed by atoms with Crippen LogP contribution in [0.15, 0.2) is 18.3 Å². The lowest BCUT2D eigenvalue weighted by Crippen LogP contribution is -2.22. The Morgan fingerprint density at radius 1 is 1.60 bits per heavy atom. The monoisotopic (exact) mass is 223 g/mol. The fourth-order valence-corrected chi connectivity index (χ4v) is 1.72. The molecule has 0 unspecified atom stereocenters. The van der Waals surface area contributed by atoms with Crippen LogP contribution in [0.3, 0.4) is 0 Å². The molecule has 4 heteroatoms. The summed E-state index contributed by atoms with van der Waals surface area (Å²) in [4.78, 5) is 6.80. The van der Waals surface area contributed by atoms with Gasteiger partial charge in [0.25, 0.3) is 0 Å². The molecule has 0 fully saturated rings. The molecule has 82 valence electrons. The molecule has 15 heavy (non-hydrogen) atoms. The molecule has 1 heterocycles. The maximum Gasteiger partial charge on any atom is 0.123 e. The summed E-state index contributed by atoms with van der Waals surface area (Å²) in [6, 6.07) is 3.94. The fourth-order valence-electron chi connectivity index (χ4n) is 1.54. The van der Waals surface area contributed by atoms with Gasteiger partial charge in [0.2, 0.25) is 0 Å². The molecule has 0 radical (unpaired) electrons. The van der Waals surface area contributed by atoms with Crippen molar-refractivity contribution in [1.82, 2.24) is 9.88 Å². The Hall–Kier alpha value is -1.00. The van der Waals surface area contributed by atoms with Crippen molar-refractivity contribution in [2.24, 2.45) is 5.73 Å². The van der Waals surface area contributed by atoms with Crippen molar-refractivity contribution >= 4 is 17.2 Å². The average Bonchev–Trinajstić information content (AvgIpc) is 2.18. The maximum atomic E-state index is 5.61. The van der Waals surface area contributed by atoms with Crippen LogP contribution in [0.5, 0.6) is 0 Å². The van der Waals surface area contributed by atoms with E-state index in [0.717, 1.165) is 30.8 Å². The lowest BCUT2D eigenvalue weighted by molar-refractivity contribution is 0.327. The molecule has 0 bridgehead atoms. The van der Waals surface area contributed by atoms with Crippen LogP contribution in [-0.2, 0) is 6.54 Å². The van der Waals surface area contributed by atoms with Crippen LogP contribution >= 0.6 is 12.2 Å². The maximum absolute atomic E-state index is 5.61. The van der Waals surface area contributed by atoms with Crippen molar-refractivity contribution < 1.29 is 0 Å². The molecule has 2 N–H and O–H groups in total. The van der Waals surface area contributed by atoms with Gasteiger partial charge >= 0.3 is 0 Å². The van der Waals surface area contributed by atoms with Gasteiger partial charge in [-0.05, 0) is 31.6 Å². The summed E-state index contributed by atoms with van der Waals surface area (Å²) < 4.78 is 0. The van der Waals surface area contributed by atoms with E-state index in [0.29, 0.717) is 4.99 Å². The van der Waals surface area contributed by atoms with Gasteiger partial charge < -0.3 is 10.6 Å². The minimum atomic E-state index is 0.371. The first kappa shape index (κ1) is 12.1. The highest BCUT2D eigenvalue weighted by Crippen LogP contribution is 2.08. The van der Waals surface area contributed by atoms with Gasteiger partial charge in [0.05, 0.1) is 0 Å². The zero-order chi connectivity index (χ0) is 11.3. The van der Waals surface area contributed by atoms with Crippen molar-refractivity contribution in [1.29, 1.82) is 0 Å². The predicted octanol–water partition coefficient (Wildman–Crippen LogP) is 1.56. The first-order chi connectivity index (χ1) is 7.15. The van der Waals surface area contributed by atoms with Crippen LogP contribution in [0.4, 0.5) is 0 Å². The number of thiocarbonyl (C=S) groups is 1. The zero-order valence-electron chi connectivity index (χ0n) is 9.23. The van der Waals surface area contributed by atoms with Crippen LogP contribution in [-0.4, -0.2) is 28.5 Å². The molecule has 0 saturated heterocycles. The molecule has 0 saturated carbocycles. The number of nitrogens with two attached hydrogens (primary N) is 1. The standard InChI is InChI=1S/C11H17N3S/c1-3-7-14(2)8-9-5-4-6-13-10(9)11(12)15/h4-6H,3,7-8H2,1-2H3,(H2,12,15). The highest BCUT2D eigenvalue weighted by atomic mass is 32.1. The van der Waals surface area contributed by atoms with Gasteiger partial charge in [0.15, 0.2) is 0 Å². The molecule has 1 aromatic heterocycles. The molecule has 0 aliphatic heterocycles. The van der Waals surface area contributed by atoms with Gasteiger partial charge in [-0.1, -0.05) is 25.2 Å². The van der Waals surface area contributed by atoms with Crippen molar-refractivity contribution in [2.75, 3.05) is 13.6 Å². The molecule has 0 aromatic carbocycles. The van der Waals surface area contributed by atoms with Crippen LogP contribution < -0.4 is 5.73 Å². The van der Waals surface area contributed by atoms with Crippen molar-refractivity contribution in [3.05, 3.63) is 29.6 Å². The van der Waals surface area contributed by atoms with Gasteiger partial charge in [-0.25, -0.2) is 0 Å². The molecule has 3 nitrogen and oxygen atoms in total. The second-order valence-corrected chi connectivity index (χ2v) is 4.05. The van der Waals surface area contributed by atoms with E-state index in [4.69, 9.17) is 18.0 Å². The highest BCUT2D eigenvalue weighted by Gasteiger charge is 2.07. The highest BCUT2D eigenvalue weighted by molar-refractivity contribution is 7.80. The lowest BCUT2D eigenvalue weighted by Gasteiger charge is -2.16. The average molecular weight is 223 g/mol. The van der Waals surface area contributed by atoms with Crippen molar-refractivity contribution in [3.63, 3.8) is 0 Å². The summed E-state index contributed by atoms with van der Waals surface area (Å²) in [5.41, 5.74) is 7.46. The Morgan fingerprint density at radius 3 is 2.93 bits per heavy atom. The fraction of sp³-hybridized carbons (Fsp3) is 0.455. The molecule has 0 aliphatic rings. The minimum absolute atomic E-state index is 0.371. The first-order valence-corrected chi connectivity index (χ1v) is 5.48. The number of pyridine rings is 1.